The van der Waals surface area contributed by atoms with E-state index in [1.54, 1.807) is 11.0 Å². The predicted octanol–water partition coefficient (Wildman–Crippen LogP) is 2.60. The van der Waals surface area contributed by atoms with Crippen molar-refractivity contribution in [3.63, 3.8) is 0 Å². The first-order chi connectivity index (χ1) is 10.2. The number of halogens is 2. The molecule has 0 aliphatic carbocycles. The van der Waals surface area contributed by atoms with Crippen LogP contribution in [0.1, 0.15) is 18.4 Å². The van der Waals surface area contributed by atoms with Crippen LogP contribution in [0.4, 0.5) is 14.5 Å². The van der Waals surface area contributed by atoms with Gasteiger partial charge in [0, 0.05) is 13.2 Å². The number of hydrogen-bond donors (Lipinski definition) is 0. The molecule has 6 heteroatoms. The minimum Gasteiger partial charge on any atom is -0.433 e. The lowest BCUT2D eigenvalue weighted by atomic mass is 9.98. The molecule has 1 aromatic rings. The van der Waals surface area contributed by atoms with Crippen LogP contribution in [0.5, 0.6) is 5.75 Å². The monoisotopic (exact) mass is 297 g/mol. The fraction of sp³-hybridized carbons (Fsp3) is 0.533. The van der Waals surface area contributed by atoms with Gasteiger partial charge in [-0.2, -0.15) is 8.78 Å². The van der Waals surface area contributed by atoms with E-state index in [0.717, 1.165) is 18.4 Å². The van der Waals surface area contributed by atoms with Gasteiger partial charge in [0.15, 0.2) is 0 Å². The van der Waals surface area contributed by atoms with Gasteiger partial charge < -0.3 is 14.4 Å². The van der Waals surface area contributed by atoms with Crippen molar-refractivity contribution in [2.75, 3.05) is 24.7 Å². The van der Waals surface area contributed by atoms with Crippen LogP contribution in [-0.2, 0) is 16.0 Å². The average molecular weight is 297 g/mol. The first kappa shape index (κ1) is 14.3. The van der Waals surface area contributed by atoms with E-state index in [1.165, 1.54) is 6.07 Å². The second-order valence-electron chi connectivity index (χ2n) is 5.30. The maximum Gasteiger partial charge on any atom is 0.387 e. The number of nitrogens with zero attached hydrogens (tertiary/aromatic N) is 1. The number of benzene rings is 1. The van der Waals surface area contributed by atoms with Gasteiger partial charge in [-0.3, -0.25) is 4.79 Å². The topological polar surface area (TPSA) is 38.8 Å². The van der Waals surface area contributed by atoms with Crippen molar-refractivity contribution in [2.24, 2.45) is 5.92 Å². The quantitative estimate of drug-likeness (QED) is 0.861. The Kier molecular flexibility index (Phi) is 4.05. The van der Waals surface area contributed by atoms with Gasteiger partial charge >= 0.3 is 6.61 Å². The Hall–Kier alpha value is -1.69. The summed E-state index contributed by atoms with van der Waals surface area (Å²) in [7, 11) is 0. The third kappa shape index (κ3) is 2.85. The average Bonchev–Trinajstić information content (AvgIpc) is 3.00. The first-order valence-electron chi connectivity index (χ1n) is 7.12. The van der Waals surface area contributed by atoms with Crippen LogP contribution < -0.4 is 9.64 Å². The third-order valence-electron chi connectivity index (χ3n) is 3.94. The first-order valence-corrected chi connectivity index (χ1v) is 7.12. The van der Waals surface area contributed by atoms with Crippen LogP contribution in [0.25, 0.3) is 0 Å². The molecule has 1 fully saturated rings. The van der Waals surface area contributed by atoms with Crippen LogP contribution in [0.15, 0.2) is 18.2 Å². The zero-order valence-electron chi connectivity index (χ0n) is 11.6. The van der Waals surface area contributed by atoms with E-state index in [0.29, 0.717) is 31.9 Å². The molecule has 0 radical (unpaired) electrons. The number of amides is 1. The SMILES string of the molecule is O=C(C1CCOC1)N1CCCc2cccc(OC(F)F)c21. The molecule has 0 aromatic heterocycles. The highest BCUT2D eigenvalue weighted by molar-refractivity contribution is 5.98. The molecule has 1 aromatic carbocycles. The van der Waals surface area contributed by atoms with Crippen LogP contribution in [0, 0.1) is 5.92 Å². The van der Waals surface area contributed by atoms with E-state index in [4.69, 9.17) is 4.74 Å². The number of aryl methyl sites for hydroxylation is 1. The highest BCUT2D eigenvalue weighted by atomic mass is 19.3. The summed E-state index contributed by atoms with van der Waals surface area (Å²) >= 11 is 0. The van der Waals surface area contributed by atoms with Gasteiger partial charge in [-0.25, -0.2) is 0 Å². The minimum atomic E-state index is -2.90. The molecule has 2 aliphatic heterocycles. The van der Waals surface area contributed by atoms with Crippen molar-refractivity contribution in [3.8, 4) is 5.75 Å². The fourth-order valence-electron chi connectivity index (χ4n) is 2.98. The van der Waals surface area contributed by atoms with Crippen LogP contribution >= 0.6 is 0 Å². The van der Waals surface area contributed by atoms with Crippen LogP contribution in [0.2, 0.25) is 0 Å². The summed E-state index contributed by atoms with van der Waals surface area (Å²) in [5.74, 6) is -0.163. The highest BCUT2D eigenvalue weighted by Gasteiger charge is 2.33. The van der Waals surface area contributed by atoms with E-state index in [1.807, 2.05) is 6.07 Å². The number of carbonyl (C=O) groups excluding carboxylic acids is 1. The van der Waals surface area contributed by atoms with Crippen molar-refractivity contribution < 1.29 is 23.0 Å². The van der Waals surface area contributed by atoms with E-state index < -0.39 is 6.61 Å². The number of anilines is 1. The maximum absolute atomic E-state index is 12.6. The molecular weight excluding hydrogens is 280 g/mol. The number of rotatable bonds is 3. The number of fused-ring (bicyclic) bond motifs is 1. The molecule has 2 aliphatic rings. The summed E-state index contributed by atoms with van der Waals surface area (Å²) in [6.45, 7) is -1.38. The normalized spacial score (nSPS) is 21.5. The third-order valence-corrected chi connectivity index (χ3v) is 3.94. The van der Waals surface area contributed by atoms with Gasteiger partial charge in [0.1, 0.15) is 5.75 Å². The van der Waals surface area contributed by atoms with E-state index in [-0.39, 0.29) is 17.6 Å². The lowest BCUT2D eigenvalue weighted by Crippen LogP contribution is -2.40. The van der Waals surface area contributed by atoms with E-state index >= 15 is 0 Å². The summed E-state index contributed by atoms with van der Waals surface area (Å²) in [4.78, 5) is 14.2. The summed E-state index contributed by atoms with van der Waals surface area (Å²) in [5, 5.41) is 0. The van der Waals surface area contributed by atoms with Crippen molar-refractivity contribution >= 4 is 11.6 Å². The molecule has 0 saturated carbocycles. The Balaban J connectivity index is 1.93. The van der Waals surface area contributed by atoms with Gasteiger partial charge in [0.2, 0.25) is 5.91 Å². The lowest BCUT2D eigenvalue weighted by molar-refractivity contribution is -0.122. The zero-order chi connectivity index (χ0) is 14.8. The summed E-state index contributed by atoms with van der Waals surface area (Å²) in [6, 6.07) is 5.03. The van der Waals surface area contributed by atoms with E-state index in [2.05, 4.69) is 4.74 Å². The molecule has 1 saturated heterocycles. The summed E-state index contributed by atoms with van der Waals surface area (Å²) < 4.78 is 35.0. The molecule has 3 rings (SSSR count). The molecule has 1 unspecified atom stereocenters. The van der Waals surface area contributed by atoms with Gasteiger partial charge in [0.25, 0.3) is 0 Å². The van der Waals surface area contributed by atoms with Crippen molar-refractivity contribution in [3.05, 3.63) is 23.8 Å². The Labute approximate surface area is 121 Å². The Morgan fingerprint density at radius 1 is 1.43 bits per heavy atom. The molecule has 4 nitrogen and oxygen atoms in total. The van der Waals surface area contributed by atoms with Crippen molar-refractivity contribution in [1.29, 1.82) is 0 Å². The number of alkyl halides is 2. The molecule has 0 spiro atoms. The minimum absolute atomic E-state index is 0.0567. The molecular formula is C15H17F2NO3. The second kappa shape index (κ2) is 5.97. The second-order valence-corrected chi connectivity index (χ2v) is 5.30. The smallest absolute Gasteiger partial charge is 0.387 e. The molecule has 0 N–H and O–H groups in total. The Morgan fingerprint density at radius 3 is 3.00 bits per heavy atom. The Bertz CT molecular complexity index is 530. The number of ether oxygens (including phenoxy) is 2. The summed E-state index contributed by atoms with van der Waals surface area (Å²) in [6.07, 6.45) is 2.27. The fourth-order valence-corrected chi connectivity index (χ4v) is 2.98. The van der Waals surface area contributed by atoms with Crippen molar-refractivity contribution in [1.82, 2.24) is 0 Å². The van der Waals surface area contributed by atoms with Gasteiger partial charge in [-0.15, -0.1) is 0 Å². The molecule has 1 atom stereocenters. The standard InChI is InChI=1S/C15H17F2NO3/c16-15(17)21-12-5-1-3-10-4-2-7-18(13(10)12)14(19)11-6-8-20-9-11/h1,3,5,11,15H,2,4,6-9H2. The Morgan fingerprint density at radius 2 is 2.29 bits per heavy atom. The van der Waals surface area contributed by atoms with Crippen LogP contribution in [0.3, 0.4) is 0 Å². The largest absolute Gasteiger partial charge is 0.433 e. The summed E-state index contributed by atoms with van der Waals surface area (Å²) in [5.41, 5.74) is 1.38. The number of carbonyl (C=O) groups is 1. The number of hydrogen-bond acceptors (Lipinski definition) is 3. The molecule has 1 amide bonds. The lowest BCUT2D eigenvalue weighted by Gasteiger charge is -2.32. The van der Waals surface area contributed by atoms with Gasteiger partial charge in [-0.1, -0.05) is 12.1 Å². The van der Waals surface area contributed by atoms with E-state index in [9.17, 15) is 13.6 Å². The van der Waals surface area contributed by atoms with Gasteiger partial charge in [0.05, 0.1) is 18.2 Å². The van der Waals surface area contributed by atoms with Crippen molar-refractivity contribution in [2.45, 2.75) is 25.9 Å². The highest BCUT2D eigenvalue weighted by Crippen LogP contribution is 2.38. The van der Waals surface area contributed by atoms with Crippen LogP contribution in [-0.4, -0.2) is 32.3 Å². The molecule has 114 valence electrons. The predicted molar refractivity (Wildman–Crippen MR) is 72.7 cm³/mol. The number of para-hydroxylation sites is 1. The molecule has 21 heavy (non-hydrogen) atoms. The molecule has 0 bridgehead atoms. The maximum atomic E-state index is 12.6. The van der Waals surface area contributed by atoms with Gasteiger partial charge in [-0.05, 0) is 30.9 Å². The molecule has 2 heterocycles. The zero-order valence-corrected chi connectivity index (χ0v) is 11.6.